The van der Waals surface area contributed by atoms with Crippen LogP contribution in [0, 0.1) is 34.1 Å². The number of nitrogens with zero attached hydrogens (tertiary/aromatic N) is 5. The highest BCUT2D eigenvalue weighted by Gasteiger charge is 2.24. The molecule has 2 aromatic rings. The number of anilines is 2. The molecule has 0 atom stereocenters. The lowest BCUT2D eigenvalue weighted by Crippen LogP contribution is -2.49. The maximum absolute atomic E-state index is 11.0. The van der Waals surface area contributed by atoms with Crippen LogP contribution in [0.3, 0.4) is 0 Å². The molecule has 0 unspecified atom stereocenters. The van der Waals surface area contributed by atoms with Crippen molar-refractivity contribution in [2.45, 2.75) is 52.4 Å². The van der Waals surface area contributed by atoms with Gasteiger partial charge in [-0.3, -0.25) is 25.1 Å². The van der Waals surface area contributed by atoms with Crippen LogP contribution in [-0.4, -0.2) is 92.2 Å². The molecule has 240 valence electrons. The van der Waals surface area contributed by atoms with Crippen molar-refractivity contribution in [2.24, 2.45) is 0 Å². The maximum atomic E-state index is 11.0. The summed E-state index contributed by atoms with van der Waals surface area (Å²) in [7, 11) is 2.93. The van der Waals surface area contributed by atoms with E-state index in [0.29, 0.717) is 22.4 Å². The molecule has 2 aliphatic heterocycles. The lowest BCUT2D eigenvalue weighted by atomic mass is 10.1. The number of hydrogen-bond acceptors (Lipinski definition) is 10. The lowest BCUT2D eigenvalue weighted by molar-refractivity contribution is -0.385. The van der Waals surface area contributed by atoms with Crippen molar-refractivity contribution in [1.82, 2.24) is 10.2 Å². The molecule has 0 radical (unpaired) electrons. The summed E-state index contributed by atoms with van der Waals surface area (Å²) in [5.41, 5.74) is 3.91. The Hall–Kier alpha value is -3.16. The number of halogens is 1. The average molecular weight is 668 g/mol. The van der Waals surface area contributed by atoms with E-state index in [4.69, 9.17) is 9.47 Å². The summed E-state index contributed by atoms with van der Waals surface area (Å²) in [6.07, 6.45) is 0. The van der Waals surface area contributed by atoms with Gasteiger partial charge in [-0.2, -0.15) is 0 Å². The Balaban J connectivity index is 0.000000269. The number of alkyl halides is 1. The molecule has 0 aliphatic carbocycles. The molecule has 43 heavy (non-hydrogen) atoms. The minimum Gasteiger partial charge on any atom is -0.490 e. The summed E-state index contributed by atoms with van der Waals surface area (Å²) in [4.78, 5) is 28.7. The van der Waals surface area contributed by atoms with Crippen molar-refractivity contribution in [3.63, 3.8) is 0 Å². The fourth-order valence-corrected chi connectivity index (χ4v) is 5.00. The summed E-state index contributed by atoms with van der Waals surface area (Å²) < 4.78 is 10.3. The fraction of sp³-hybridized carbons (Fsp3) is 0.600. The van der Waals surface area contributed by atoms with Gasteiger partial charge in [-0.25, -0.2) is 0 Å². The molecule has 12 nitrogen and oxygen atoms in total. The molecule has 2 heterocycles. The summed E-state index contributed by atoms with van der Waals surface area (Å²) >= 11 is 3.27. The van der Waals surface area contributed by atoms with Gasteiger partial charge in [-0.15, -0.1) is 0 Å². The largest absolute Gasteiger partial charge is 0.490 e. The Labute approximate surface area is 263 Å². The summed E-state index contributed by atoms with van der Waals surface area (Å²) in [5, 5.41) is 25.2. The van der Waals surface area contributed by atoms with Gasteiger partial charge in [0.1, 0.15) is 0 Å². The van der Waals surface area contributed by atoms with E-state index in [9.17, 15) is 20.2 Å². The molecule has 2 fully saturated rings. The van der Waals surface area contributed by atoms with Gasteiger partial charge in [-0.05, 0) is 38.8 Å². The molecular weight excluding hydrogens is 620 g/mol. The molecule has 13 heteroatoms. The lowest BCUT2D eigenvalue weighted by Gasteiger charge is -2.38. The third-order valence-corrected chi connectivity index (χ3v) is 7.23. The van der Waals surface area contributed by atoms with E-state index < -0.39 is 9.85 Å². The van der Waals surface area contributed by atoms with Gasteiger partial charge < -0.3 is 24.6 Å². The second kappa shape index (κ2) is 17.2. The van der Waals surface area contributed by atoms with E-state index in [1.165, 1.54) is 14.2 Å². The molecule has 0 aromatic heterocycles. The van der Waals surface area contributed by atoms with Gasteiger partial charge in [0.25, 0.3) is 0 Å². The number of nitro benzene ring substituents is 2. The van der Waals surface area contributed by atoms with Crippen LogP contribution in [0.2, 0.25) is 0 Å². The number of benzene rings is 2. The standard InChI is InChI=1S/C15H23N3O3.C12H17N3O3.C3H7Br/c1-11(2)16-5-7-17(8-6-16)13-10-15(21-4)14(18(19)20)9-12(13)3;1-9-7-11(15(16)17)12(18-2)8-10(9)14-5-3-13-4-6-14;1-3(2)4/h9-11H,5-8H2,1-4H3;7-8,13H,3-6H2,1-2H3;3H,1-2H3. The first-order valence-electron chi connectivity index (χ1n) is 14.5. The summed E-state index contributed by atoms with van der Waals surface area (Å²) in [5.74, 6) is 0.644. The second-order valence-electron chi connectivity index (χ2n) is 11.0. The highest BCUT2D eigenvalue weighted by Crippen LogP contribution is 2.36. The molecular formula is C30H47BrN6O6. The third-order valence-electron chi connectivity index (χ3n) is 7.23. The fourth-order valence-electron chi connectivity index (χ4n) is 5.00. The van der Waals surface area contributed by atoms with Crippen LogP contribution in [0.25, 0.3) is 0 Å². The number of ether oxygens (including phenoxy) is 2. The van der Waals surface area contributed by atoms with Crippen LogP contribution in [-0.2, 0) is 0 Å². The van der Waals surface area contributed by atoms with Crippen LogP contribution in [0.5, 0.6) is 11.5 Å². The van der Waals surface area contributed by atoms with Gasteiger partial charge in [0.15, 0.2) is 11.5 Å². The van der Waals surface area contributed by atoms with E-state index in [2.05, 4.69) is 63.6 Å². The molecule has 4 rings (SSSR count). The first kappa shape index (κ1) is 36.0. The topological polar surface area (TPSA) is 126 Å². The number of piperazine rings is 2. The number of nitrogens with one attached hydrogen (secondary N) is 1. The predicted octanol–water partition coefficient (Wildman–Crippen LogP) is 5.55. The minimum absolute atomic E-state index is 0.0221. The SMILES string of the molecule is CC(C)Br.COc1cc(N2CCN(C(C)C)CC2)c(C)cc1[N+](=O)[O-].COc1cc(N2CCNCC2)c(C)cc1[N+](=O)[O-]. The van der Waals surface area contributed by atoms with Gasteiger partial charge in [0.2, 0.25) is 0 Å². The number of aryl methyl sites for hydroxylation is 2. The van der Waals surface area contributed by atoms with Crippen molar-refractivity contribution >= 4 is 38.7 Å². The molecule has 0 saturated carbocycles. The minimum atomic E-state index is -0.409. The second-order valence-corrected chi connectivity index (χ2v) is 12.8. The predicted molar refractivity (Wildman–Crippen MR) is 177 cm³/mol. The molecule has 1 N–H and O–H groups in total. The Morgan fingerprint density at radius 1 is 0.744 bits per heavy atom. The Bertz CT molecular complexity index is 1210. The van der Waals surface area contributed by atoms with E-state index in [-0.39, 0.29) is 11.4 Å². The zero-order valence-corrected chi connectivity index (χ0v) is 28.3. The molecule has 0 spiro atoms. The highest BCUT2D eigenvalue weighted by atomic mass is 79.9. The molecule has 2 aromatic carbocycles. The highest BCUT2D eigenvalue weighted by molar-refractivity contribution is 9.09. The molecule has 0 amide bonds. The summed E-state index contributed by atoms with van der Waals surface area (Å²) in [6.45, 7) is 19.9. The third kappa shape index (κ3) is 10.5. The Morgan fingerprint density at radius 3 is 1.44 bits per heavy atom. The van der Waals surface area contributed by atoms with Crippen LogP contribution in [0.1, 0.15) is 38.8 Å². The van der Waals surface area contributed by atoms with E-state index >= 15 is 0 Å². The number of methoxy groups -OCH3 is 2. The number of rotatable bonds is 7. The van der Waals surface area contributed by atoms with E-state index in [1.807, 2.05) is 13.8 Å². The first-order chi connectivity index (χ1) is 20.3. The van der Waals surface area contributed by atoms with Gasteiger partial charge in [0, 0.05) is 98.9 Å². The monoisotopic (exact) mass is 666 g/mol. The van der Waals surface area contributed by atoms with Crippen molar-refractivity contribution in [3.8, 4) is 11.5 Å². The van der Waals surface area contributed by atoms with Gasteiger partial charge in [0.05, 0.1) is 24.1 Å². The Kier molecular flexibility index (Phi) is 14.4. The van der Waals surface area contributed by atoms with E-state index in [1.54, 1.807) is 24.3 Å². The first-order valence-corrected chi connectivity index (χ1v) is 15.5. The number of nitro groups is 2. The zero-order chi connectivity index (χ0) is 32.3. The van der Waals surface area contributed by atoms with Crippen molar-refractivity contribution in [1.29, 1.82) is 0 Å². The van der Waals surface area contributed by atoms with Crippen LogP contribution in [0.15, 0.2) is 24.3 Å². The van der Waals surface area contributed by atoms with Crippen molar-refractivity contribution < 1.29 is 19.3 Å². The summed E-state index contributed by atoms with van der Waals surface area (Å²) in [6, 6.07) is 7.29. The van der Waals surface area contributed by atoms with Crippen LogP contribution < -0.4 is 24.6 Å². The van der Waals surface area contributed by atoms with Crippen LogP contribution >= 0.6 is 15.9 Å². The molecule has 2 saturated heterocycles. The van der Waals surface area contributed by atoms with Crippen LogP contribution in [0.4, 0.5) is 22.7 Å². The Morgan fingerprint density at radius 2 is 1.12 bits per heavy atom. The van der Waals surface area contributed by atoms with E-state index in [0.717, 1.165) is 74.9 Å². The zero-order valence-electron chi connectivity index (χ0n) is 26.7. The quantitative estimate of drug-likeness (QED) is 0.228. The van der Waals surface area contributed by atoms with Gasteiger partial charge >= 0.3 is 11.4 Å². The van der Waals surface area contributed by atoms with Crippen molar-refractivity contribution in [2.75, 3.05) is 76.4 Å². The average Bonchev–Trinajstić information content (AvgIpc) is 2.97. The van der Waals surface area contributed by atoms with Crippen molar-refractivity contribution in [3.05, 3.63) is 55.6 Å². The number of hydrogen-bond donors (Lipinski definition) is 1. The maximum Gasteiger partial charge on any atom is 0.311 e. The normalized spacial score (nSPS) is 15.3. The molecule has 2 aliphatic rings. The molecule has 0 bridgehead atoms. The smallest absolute Gasteiger partial charge is 0.311 e. The van der Waals surface area contributed by atoms with Gasteiger partial charge in [-0.1, -0.05) is 29.8 Å².